The number of aromatic nitrogens is 1. The van der Waals surface area contributed by atoms with E-state index >= 15 is 0 Å². The van der Waals surface area contributed by atoms with Gasteiger partial charge in [0.2, 0.25) is 0 Å². The Kier molecular flexibility index (Phi) is 7.85. The third kappa shape index (κ3) is 5.53. The first-order chi connectivity index (χ1) is 26.8. The molecule has 0 radical (unpaired) electrons. The second-order valence-electron chi connectivity index (χ2n) is 13.8. The number of pyridine rings is 1. The molecule has 0 aliphatic heterocycles. The lowest BCUT2D eigenvalue weighted by molar-refractivity contribution is 1.26. The molecule has 0 fully saturated rings. The summed E-state index contributed by atoms with van der Waals surface area (Å²) in [5.74, 6) is 0. The quantitative estimate of drug-likeness (QED) is 0.162. The number of hydrogen-bond acceptors (Lipinski definition) is 1. The summed E-state index contributed by atoms with van der Waals surface area (Å²) in [7, 11) is 0. The molecule has 254 valence electrons. The molecule has 0 saturated heterocycles. The zero-order valence-electron chi connectivity index (χ0n) is 29.7. The van der Waals surface area contributed by atoms with Crippen LogP contribution in [0.2, 0.25) is 0 Å². The summed E-state index contributed by atoms with van der Waals surface area (Å²) in [6, 6.07) is 76.4. The van der Waals surface area contributed by atoms with Crippen molar-refractivity contribution in [3.63, 3.8) is 0 Å². The molecule has 0 saturated carbocycles. The average molecular weight is 689 g/mol. The maximum atomic E-state index is 2.32. The van der Waals surface area contributed by atoms with Crippen LogP contribution in [-0.4, -0.2) is 4.40 Å². The number of fused-ring (bicyclic) bond motifs is 5. The maximum absolute atomic E-state index is 2.32. The van der Waals surface area contributed by atoms with Gasteiger partial charge >= 0.3 is 0 Å². The van der Waals surface area contributed by atoms with E-state index in [9.17, 15) is 0 Å². The van der Waals surface area contributed by atoms with Gasteiger partial charge in [0.05, 0.1) is 11.0 Å². The molecule has 0 spiro atoms. The van der Waals surface area contributed by atoms with Gasteiger partial charge in [0, 0.05) is 34.2 Å². The molecule has 0 N–H and O–H groups in total. The summed E-state index contributed by atoms with van der Waals surface area (Å²) in [5.41, 5.74) is 15.6. The minimum absolute atomic E-state index is 1.13. The lowest BCUT2D eigenvalue weighted by Gasteiger charge is -2.25. The topological polar surface area (TPSA) is 7.65 Å². The Labute approximate surface area is 315 Å². The number of nitrogens with zero attached hydrogens (tertiary/aromatic N) is 2. The van der Waals surface area contributed by atoms with Gasteiger partial charge in [-0.05, 0) is 104 Å². The second kappa shape index (κ2) is 13.4. The highest BCUT2D eigenvalue weighted by Crippen LogP contribution is 2.42. The highest BCUT2D eigenvalue weighted by Gasteiger charge is 2.17. The van der Waals surface area contributed by atoms with E-state index in [-0.39, 0.29) is 0 Å². The van der Waals surface area contributed by atoms with Gasteiger partial charge in [-0.1, -0.05) is 158 Å². The fraction of sp³-hybridized carbons (Fsp3) is 0. The van der Waals surface area contributed by atoms with E-state index in [0.29, 0.717) is 0 Å². The van der Waals surface area contributed by atoms with Crippen LogP contribution in [0.25, 0.3) is 71.7 Å². The molecular formula is C52H36N2. The van der Waals surface area contributed by atoms with E-state index in [1.165, 1.54) is 71.7 Å². The molecule has 54 heavy (non-hydrogen) atoms. The van der Waals surface area contributed by atoms with Crippen molar-refractivity contribution in [1.82, 2.24) is 4.40 Å². The second-order valence-corrected chi connectivity index (χ2v) is 13.8. The Morgan fingerprint density at radius 1 is 0.296 bits per heavy atom. The monoisotopic (exact) mass is 688 g/mol. The predicted octanol–water partition coefficient (Wildman–Crippen LogP) is 14.4. The summed E-state index contributed by atoms with van der Waals surface area (Å²) in [4.78, 5) is 2.29. The number of para-hydroxylation sites is 2. The third-order valence-electron chi connectivity index (χ3n) is 10.6. The third-order valence-corrected chi connectivity index (χ3v) is 10.6. The first kappa shape index (κ1) is 31.6. The van der Waals surface area contributed by atoms with Gasteiger partial charge < -0.3 is 9.30 Å². The Hall–Kier alpha value is -7.16. The Balaban J connectivity index is 0.949. The van der Waals surface area contributed by atoms with Crippen molar-refractivity contribution in [2.75, 3.05) is 4.90 Å². The van der Waals surface area contributed by atoms with Gasteiger partial charge in [0.25, 0.3) is 0 Å². The highest BCUT2D eigenvalue weighted by molar-refractivity contribution is 6.20. The summed E-state index contributed by atoms with van der Waals surface area (Å²) < 4.78 is 2.32. The van der Waals surface area contributed by atoms with Crippen LogP contribution in [0.4, 0.5) is 17.1 Å². The van der Waals surface area contributed by atoms with Crippen LogP contribution in [0, 0.1) is 0 Å². The van der Waals surface area contributed by atoms with Crippen molar-refractivity contribution < 1.29 is 0 Å². The van der Waals surface area contributed by atoms with Crippen LogP contribution < -0.4 is 4.90 Å². The standard InChI is InChI=1S/C52H36N2/c1-4-13-42(14-5-1)51-49-21-10-11-36-53(49)50-35-34-47-46(19-12-20-48(47)52(50)51)41-28-26-39(27-29-41)37-22-24-38(25-23-37)40-30-32-45(33-31-40)54(43-15-6-2-7-16-43)44-17-8-3-9-18-44/h1-36H. The summed E-state index contributed by atoms with van der Waals surface area (Å²) in [6.45, 7) is 0. The molecule has 0 atom stereocenters. The molecule has 0 aliphatic rings. The molecule has 10 aromatic rings. The van der Waals surface area contributed by atoms with Crippen LogP contribution in [-0.2, 0) is 0 Å². The smallest absolute Gasteiger partial charge is 0.0541 e. The van der Waals surface area contributed by atoms with E-state index in [1.54, 1.807) is 0 Å². The van der Waals surface area contributed by atoms with E-state index in [2.05, 4.69) is 228 Å². The summed E-state index contributed by atoms with van der Waals surface area (Å²) in [6.07, 6.45) is 2.17. The molecule has 0 amide bonds. The lowest BCUT2D eigenvalue weighted by Crippen LogP contribution is -2.09. The Morgan fingerprint density at radius 3 is 1.39 bits per heavy atom. The van der Waals surface area contributed by atoms with Crippen molar-refractivity contribution >= 4 is 44.3 Å². The average Bonchev–Trinajstić information content (AvgIpc) is 3.60. The zero-order chi connectivity index (χ0) is 35.8. The molecule has 0 unspecified atom stereocenters. The van der Waals surface area contributed by atoms with Crippen LogP contribution in [0.1, 0.15) is 0 Å². The minimum atomic E-state index is 1.13. The summed E-state index contributed by atoms with van der Waals surface area (Å²) in [5, 5.41) is 3.83. The van der Waals surface area contributed by atoms with Crippen molar-refractivity contribution in [2.45, 2.75) is 0 Å². The van der Waals surface area contributed by atoms with Gasteiger partial charge in [-0.2, -0.15) is 0 Å². The first-order valence-corrected chi connectivity index (χ1v) is 18.5. The molecular weight excluding hydrogens is 653 g/mol. The van der Waals surface area contributed by atoms with Gasteiger partial charge in [0.15, 0.2) is 0 Å². The molecule has 2 nitrogen and oxygen atoms in total. The number of anilines is 3. The molecule has 10 rings (SSSR count). The lowest BCUT2D eigenvalue weighted by atomic mass is 9.92. The summed E-state index contributed by atoms with van der Waals surface area (Å²) >= 11 is 0. The number of rotatable bonds is 7. The van der Waals surface area contributed by atoms with Crippen LogP contribution >= 0.6 is 0 Å². The molecule has 8 aromatic carbocycles. The van der Waals surface area contributed by atoms with E-state index in [1.807, 2.05) is 0 Å². The van der Waals surface area contributed by atoms with E-state index < -0.39 is 0 Å². The van der Waals surface area contributed by atoms with E-state index in [0.717, 1.165) is 17.1 Å². The molecule has 2 aromatic heterocycles. The predicted molar refractivity (Wildman–Crippen MR) is 229 cm³/mol. The van der Waals surface area contributed by atoms with Crippen molar-refractivity contribution in [1.29, 1.82) is 0 Å². The van der Waals surface area contributed by atoms with Crippen LogP contribution in [0.3, 0.4) is 0 Å². The number of hydrogen-bond donors (Lipinski definition) is 0. The van der Waals surface area contributed by atoms with Crippen LogP contribution in [0.15, 0.2) is 219 Å². The van der Waals surface area contributed by atoms with E-state index in [4.69, 9.17) is 0 Å². The molecule has 0 aliphatic carbocycles. The van der Waals surface area contributed by atoms with Crippen molar-refractivity contribution in [3.05, 3.63) is 219 Å². The Bertz CT molecular complexity index is 2830. The SMILES string of the molecule is c1ccc(-c2c3c4cccc(-c5ccc(-c6ccc(-c7ccc(N(c8ccccc8)c8ccccc8)cc7)cc6)cc5)c4ccc3n3ccccc23)cc1. The van der Waals surface area contributed by atoms with Gasteiger partial charge in [-0.3, -0.25) is 0 Å². The fourth-order valence-corrected chi connectivity index (χ4v) is 8.05. The van der Waals surface area contributed by atoms with Crippen molar-refractivity contribution in [2.24, 2.45) is 0 Å². The van der Waals surface area contributed by atoms with Crippen molar-refractivity contribution in [3.8, 4) is 44.5 Å². The zero-order valence-corrected chi connectivity index (χ0v) is 29.7. The highest BCUT2D eigenvalue weighted by atomic mass is 15.1. The first-order valence-electron chi connectivity index (χ1n) is 18.5. The fourth-order valence-electron chi connectivity index (χ4n) is 8.05. The van der Waals surface area contributed by atoms with Gasteiger partial charge in [0.1, 0.15) is 0 Å². The van der Waals surface area contributed by atoms with Gasteiger partial charge in [-0.25, -0.2) is 0 Å². The molecule has 0 bridgehead atoms. The Morgan fingerprint density at radius 2 is 0.796 bits per heavy atom. The van der Waals surface area contributed by atoms with Gasteiger partial charge in [-0.15, -0.1) is 0 Å². The largest absolute Gasteiger partial charge is 0.316 e. The minimum Gasteiger partial charge on any atom is -0.316 e. The van der Waals surface area contributed by atoms with Crippen LogP contribution in [0.5, 0.6) is 0 Å². The number of benzene rings is 8. The maximum Gasteiger partial charge on any atom is 0.0541 e. The molecule has 2 heteroatoms. The normalized spacial score (nSPS) is 11.3. The molecule has 2 heterocycles.